The van der Waals surface area contributed by atoms with E-state index in [9.17, 15) is 0 Å². The van der Waals surface area contributed by atoms with E-state index in [0.717, 1.165) is 14.7 Å². The Labute approximate surface area is 85.1 Å². The lowest BCUT2D eigenvalue weighted by Gasteiger charge is -1.98. The molecule has 2 nitrogen and oxygen atoms in total. The van der Waals surface area contributed by atoms with Crippen molar-refractivity contribution in [3.05, 3.63) is 9.48 Å². The number of rotatable bonds is 3. The van der Waals surface area contributed by atoms with Crippen molar-refractivity contribution >= 4 is 27.3 Å². The summed E-state index contributed by atoms with van der Waals surface area (Å²) in [4.78, 5) is 4.35. The van der Waals surface area contributed by atoms with Gasteiger partial charge in [-0.25, -0.2) is 4.98 Å². The van der Waals surface area contributed by atoms with Crippen molar-refractivity contribution in [1.82, 2.24) is 4.98 Å². The van der Waals surface area contributed by atoms with Crippen LogP contribution >= 0.6 is 27.3 Å². The Morgan fingerprint density at radius 2 is 2.25 bits per heavy atom. The van der Waals surface area contributed by atoms with E-state index in [-0.39, 0.29) is 0 Å². The van der Waals surface area contributed by atoms with Crippen molar-refractivity contribution in [1.29, 1.82) is 0 Å². The third-order valence-corrected chi connectivity index (χ3v) is 3.07. The molecule has 0 atom stereocenters. The maximum absolute atomic E-state index is 5.29. The van der Waals surface area contributed by atoms with Crippen LogP contribution in [0.25, 0.3) is 0 Å². The highest BCUT2D eigenvalue weighted by Crippen LogP contribution is 2.34. The lowest BCUT2D eigenvalue weighted by molar-refractivity contribution is 0.337. The second-order valence-electron chi connectivity index (χ2n) is 2.73. The molecule has 1 aromatic rings. The van der Waals surface area contributed by atoms with Gasteiger partial charge in [0, 0.05) is 0 Å². The Kier molecular flexibility index (Phi) is 3.53. The SMILES string of the molecule is CCOc1nc(C(C)C)c(Br)s1. The minimum Gasteiger partial charge on any atom is -0.470 e. The molecule has 0 amide bonds. The number of halogens is 1. The maximum atomic E-state index is 5.29. The molecule has 0 fully saturated rings. The summed E-state index contributed by atoms with van der Waals surface area (Å²) in [5.74, 6) is 0.449. The minimum atomic E-state index is 0.449. The van der Waals surface area contributed by atoms with Crippen LogP contribution in [0.5, 0.6) is 5.19 Å². The molecule has 0 aliphatic rings. The highest BCUT2D eigenvalue weighted by atomic mass is 79.9. The first-order valence-electron chi connectivity index (χ1n) is 3.94. The van der Waals surface area contributed by atoms with Gasteiger partial charge in [-0.3, -0.25) is 0 Å². The van der Waals surface area contributed by atoms with E-state index in [1.165, 1.54) is 0 Å². The van der Waals surface area contributed by atoms with Gasteiger partial charge in [-0.2, -0.15) is 0 Å². The van der Waals surface area contributed by atoms with Crippen LogP contribution in [0.1, 0.15) is 32.4 Å². The van der Waals surface area contributed by atoms with Crippen molar-refractivity contribution in [2.24, 2.45) is 0 Å². The molecule has 1 rings (SSSR count). The molecule has 0 saturated carbocycles. The monoisotopic (exact) mass is 249 g/mol. The van der Waals surface area contributed by atoms with E-state index in [1.54, 1.807) is 11.3 Å². The standard InChI is InChI=1S/C8H12BrNOS/c1-4-11-8-10-6(5(2)3)7(9)12-8/h5H,4H2,1-3H3. The zero-order valence-electron chi connectivity index (χ0n) is 7.43. The predicted octanol–water partition coefficient (Wildman–Crippen LogP) is 3.43. The Bertz CT molecular complexity index is 260. The first-order valence-corrected chi connectivity index (χ1v) is 5.55. The summed E-state index contributed by atoms with van der Waals surface area (Å²) in [6.07, 6.45) is 0. The summed E-state index contributed by atoms with van der Waals surface area (Å²) in [5, 5.41) is 0.757. The summed E-state index contributed by atoms with van der Waals surface area (Å²) < 4.78 is 6.38. The van der Waals surface area contributed by atoms with Crippen molar-refractivity contribution in [2.75, 3.05) is 6.61 Å². The predicted molar refractivity (Wildman–Crippen MR) is 55.1 cm³/mol. The molecular formula is C8H12BrNOS. The van der Waals surface area contributed by atoms with Gasteiger partial charge >= 0.3 is 0 Å². The van der Waals surface area contributed by atoms with Crippen LogP contribution in [0.4, 0.5) is 0 Å². The Morgan fingerprint density at radius 3 is 2.67 bits per heavy atom. The van der Waals surface area contributed by atoms with E-state index < -0.39 is 0 Å². The molecule has 0 N–H and O–H groups in total. The van der Waals surface area contributed by atoms with E-state index >= 15 is 0 Å². The van der Waals surface area contributed by atoms with Crippen molar-refractivity contribution < 1.29 is 4.74 Å². The third kappa shape index (κ3) is 2.20. The number of ether oxygens (including phenoxy) is 1. The largest absolute Gasteiger partial charge is 0.470 e. The molecule has 0 bridgehead atoms. The van der Waals surface area contributed by atoms with Crippen LogP contribution in [-0.4, -0.2) is 11.6 Å². The van der Waals surface area contributed by atoms with Crippen LogP contribution in [-0.2, 0) is 0 Å². The second-order valence-corrected chi connectivity index (χ2v) is 5.01. The Morgan fingerprint density at radius 1 is 1.58 bits per heavy atom. The van der Waals surface area contributed by atoms with Gasteiger partial charge in [0.1, 0.15) is 0 Å². The van der Waals surface area contributed by atoms with E-state index in [1.807, 2.05) is 6.92 Å². The molecule has 0 unspecified atom stereocenters. The van der Waals surface area contributed by atoms with Gasteiger partial charge in [-0.1, -0.05) is 25.2 Å². The van der Waals surface area contributed by atoms with E-state index in [4.69, 9.17) is 4.74 Å². The fraction of sp³-hybridized carbons (Fsp3) is 0.625. The number of aromatic nitrogens is 1. The van der Waals surface area contributed by atoms with E-state index in [2.05, 4.69) is 34.8 Å². The summed E-state index contributed by atoms with van der Waals surface area (Å²) in [6, 6.07) is 0. The molecule has 68 valence electrons. The van der Waals surface area contributed by atoms with Gasteiger partial charge < -0.3 is 4.74 Å². The van der Waals surface area contributed by atoms with Gasteiger partial charge in [0.25, 0.3) is 5.19 Å². The zero-order chi connectivity index (χ0) is 9.14. The summed E-state index contributed by atoms with van der Waals surface area (Å²) >= 11 is 5.01. The molecule has 0 aliphatic heterocycles. The smallest absolute Gasteiger partial charge is 0.274 e. The van der Waals surface area contributed by atoms with Gasteiger partial charge in [0.15, 0.2) is 0 Å². The van der Waals surface area contributed by atoms with Crippen LogP contribution in [0, 0.1) is 0 Å². The topological polar surface area (TPSA) is 22.1 Å². The van der Waals surface area contributed by atoms with Crippen molar-refractivity contribution in [3.8, 4) is 5.19 Å². The molecule has 4 heteroatoms. The van der Waals surface area contributed by atoms with Gasteiger partial charge in [-0.05, 0) is 28.8 Å². The molecule has 12 heavy (non-hydrogen) atoms. The summed E-state index contributed by atoms with van der Waals surface area (Å²) in [5.41, 5.74) is 1.09. The van der Waals surface area contributed by atoms with Crippen LogP contribution in [0.3, 0.4) is 0 Å². The fourth-order valence-corrected chi connectivity index (χ4v) is 2.66. The molecule has 0 saturated heterocycles. The molecule has 0 radical (unpaired) electrons. The minimum absolute atomic E-state index is 0.449. The lowest BCUT2D eigenvalue weighted by Crippen LogP contribution is -1.92. The summed E-state index contributed by atoms with van der Waals surface area (Å²) in [6.45, 7) is 6.88. The van der Waals surface area contributed by atoms with E-state index in [0.29, 0.717) is 12.5 Å². The molecule has 1 heterocycles. The van der Waals surface area contributed by atoms with Gasteiger partial charge in [0.2, 0.25) is 0 Å². The number of thiazole rings is 1. The number of hydrogen-bond acceptors (Lipinski definition) is 3. The normalized spacial score (nSPS) is 10.8. The highest BCUT2D eigenvalue weighted by molar-refractivity contribution is 9.11. The van der Waals surface area contributed by atoms with Crippen LogP contribution in [0.15, 0.2) is 3.79 Å². The van der Waals surface area contributed by atoms with Crippen LogP contribution < -0.4 is 4.74 Å². The third-order valence-electron chi connectivity index (χ3n) is 1.40. The summed E-state index contributed by atoms with van der Waals surface area (Å²) in [7, 11) is 0. The Hall–Kier alpha value is -0.0900. The first-order chi connectivity index (χ1) is 5.65. The van der Waals surface area contributed by atoms with Gasteiger partial charge in [0.05, 0.1) is 16.1 Å². The molecular weight excluding hydrogens is 238 g/mol. The molecule has 1 aromatic heterocycles. The average Bonchev–Trinajstić information content (AvgIpc) is 2.32. The number of hydrogen-bond donors (Lipinski definition) is 0. The quantitative estimate of drug-likeness (QED) is 0.819. The van der Waals surface area contributed by atoms with Gasteiger partial charge in [-0.15, -0.1) is 0 Å². The first kappa shape index (κ1) is 9.99. The fourth-order valence-electron chi connectivity index (χ4n) is 0.835. The maximum Gasteiger partial charge on any atom is 0.274 e. The zero-order valence-corrected chi connectivity index (χ0v) is 9.83. The second kappa shape index (κ2) is 4.23. The molecule has 0 aliphatic carbocycles. The lowest BCUT2D eigenvalue weighted by atomic mass is 10.2. The average molecular weight is 250 g/mol. The van der Waals surface area contributed by atoms with Crippen LogP contribution in [0.2, 0.25) is 0 Å². The molecule has 0 spiro atoms. The van der Waals surface area contributed by atoms with Crippen molar-refractivity contribution in [2.45, 2.75) is 26.7 Å². The van der Waals surface area contributed by atoms with Crippen molar-refractivity contribution in [3.63, 3.8) is 0 Å². The number of nitrogens with zero attached hydrogens (tertiary/aromatic N) is 1. The Balaban J connectivity index is 2.85. The molecule has 0 aromatic carbocycles. The highest BCUT2D eigenvalue weighted by Gasteiger charge is 2.12.